The standard InChI is InChI=1S/C25H32N6O/c1-18-15-19(2)30(28-18)25(20-7-4-3-5-8-20)31-23(12-13-26-31)21-9-6-14-29(16-21)17-24(32)27-22-10-11-22/h6,9,12-16,20,22,25H,3-5,7-8,10-11,17H2,1-2H3/p+1. The Kier molecular flexibility index (Phi) is 5.81. The Hall–Kier alpha value is -2.96. The quantitative estimate of drug-likeness (QED) is 0.580. The van der Waals surface area contributed by atoms with E-state index in [0.717, 1.165) is 29.8 Å². The molecule has 1 N–H and O–H groups in total. The van der Waals surface area contributed by atoms with Gasteiger partial charge in [0.25, 0.3) is 5.91 Å². The van der Waals surface area contributed by atoms with Crippen molar-refractivity contribution in [3.63, 3.8) is 0 Å². The van der Waals surface area contributed by atoms with E-state index in [1.165, 1.54) is 37.8 Å². The number of rotatable bonds is 7. The van der Waals surface area contributed by atoms with Gasteiger partial charge < -0.3 is 5.32 Å². The van der Waals surface area contributed by atoms with Gasteiger partial charge in [-0.2, -0.15) is 14.8 Å². The van der Waals surface area contributed by atoms with Crippen molar-refractivity contribution in [2.75, 3.05) is 0 Å². The fraction of sp³-hybridized carbons (Fsp3) is 0.520. The van der Waals surface area contributed by atoms with Gasteiger partial charge in [0.2, 0.25) is 6.54 Å². The summed E-state index contributed by atoms with van der Waals surface area (Å²) in [6, 6.07) is 8.71. The van der Waals surface area contributed by atoms with Gasteiger partial charge in [0.15, 0.2) is 12.4 Å². The van der Waals surface area contributed by atoms with Gasteiger partial charge in [0, 0.05) is 29.9 Å². The van der Waals surface area contributed by atoms with E-state index < -0.39 is 0 Å². The molecule has 1 atom stereocenters. The van der Waals surface area contributed by atoms with Crippen molar-refractivity contribution in [1.29, 1.82) is 0 Å². The first kappa shape index (κ1) is 20.9. The van der Waals surface area contributed by atoms with Crippen LogP contribution >= 0.6 is 0 Å². The largest absolute Gasteiger partial charge is 0.348 e. The fourth-order valence-electron chi connectivity index (χ4n) is 5.04. The van der Waals surface area contributed by atoms with Crippen LogP contribution in [0.25, 0.3) is 11.3 Å². The molecule has 2 saturated carbocycles. The lowest BCUT2D eigenvalue weighted by molar-refractivity contribution is -0.684. The molecule has 3 aromatic heterocycles. The molecular weight excluding hydrogens is 400 g/mol. The predicted molar refractivity (Wildman–Crippen MR) is 122 cm³/mol. The second-order valence-corrected chi connectivity index (χ2v) is 9.45. The summed E-state index contributed by atoms with van der Waals surface area (Å²) in [5.74, 6) is 0.575. The van der Waals surface area contributed by atoms with Gasteiger partial charge >= 0.3 is 0 Å². The molecule has 0 aromatic carbocycles. The van der Waals surface area contributed by atoms with Gasteiger partial charge in [-0.3, -0.25) is 4.79 Å². The molecular formula is C25H33N6O+. The summed E-state index contributed by atoms with van der Waals surface area (Å²) in [5.41, 5.74) is 4.33. The Morgan fingerprint density at radius 1 is 1.16 bits per heavy atom. The molecule has 0 radical (unpaired) electrons. The molecule has 3 heterocycles. The van der Waals surface area contributed by atoms with E-state index in [1.54, 1.807) is 0 Å². The van der Waals surface area contributed by atoms with Crippen LogP contribution in [0, 0.1) is 19.8 Å². The number of aryl methyl sites for hydroxylation is 2. The highest BCUT2D eigenvalue weighted by atomic mass is 16.2. The number of nitrogens with zero attached hydrogens (tertiary/aromatic N) is 5. The lowest BCUT2D eigenvalue weighted by Crippen LogP contribution is -2.43. The Bertz CT molecular complexity index is 1090. The van der Waals surface area contributed by atoms with E-state index in [-0.39, 0.29) is 12.1 Å². The average molecular weight is 434 g/mol. The molecule has 1 unspecified atom stereocenters. The molecule has 7 heteroatoms. The second-order valence-electron chi connectivity index (χ2n) is 9.45. The van der Waals surface area contributed by atoms with Crippen LogP contribution in [0.2, 0.25) is 0 Å². The maximum absolute atomic E-state index is 12.3. The van der Waals surface area contributed by atoms with Crippen molar-refractivity contribution < 1.29 is 9.36 Å². The molecule has 2 aliphatic rings. The number of hydrogen-bond donors (Lipinski definition) is 1. The normalized spacial score (nSPS) is 17.9. The van der Waals surface area contributed by atoms with Crippen LogP contribution in [0.5, 0.6) is 0 Å². The number of hydrogen-bond acceptors (Lipinski definition) is 3. The fourth-order valence-corrected chi connectivity index (χ4v) is 5.04. The Balaban J connectivity index is 1.48. The smallest absolute Gasteiger partial charge is 0.286 e. The van der Waals surface area contributed by atoms with Crippen molar-refractivity contribution >= 4 is 5.91 Å². The average Bonchev–Trinajstić information content (AvgIpc) is 3.35. The molecule has 2 fully saturated rings. The topological polar surface area (TPSA) is 68.6 Å². The van der Waals surface area contributed by atoms with Crippen molar-refractivity contribution in [1.82, 2.24) is 24.9 Å². The predicted octanol–water partition coefficient (Wildman–Crippen LogP) is 3.56. The second kappa shape index (κ2) is 8.88. The number of carbonyl (C=O) groups is 1. The third-order valence-electron chi connectivity index (χ3n) is 6.71. The maximum Gasteiger partial charge on any atom is 0.286 e. The van der Waals surface area contributed by atoms with Crippen molar-refractivity contribution in [3.8, 4) is 11.3 Å². The van der Waals surface area contributed by atoms with E-state index in [1.807, 2.05) is 23.0 Å². The van der Waals surface area contributed by atoms with E-state index in [9.17, 15) is 4.79 Å². The zero-order valence-electron chi connectivity index (χ0n) is 19.1. The summed E-state index contributed by atoms with van der Waals surface area (Å²) in [7, 11) is 0. The van der Waals surface area contributed by atoms with Crippen molar-refractivity contribution in [2.24, 2.45) is 5.92 Å². The Morgan fingerprint density at radius 3 is 2.69 bits per heavy atom. The highest BCUT2D eigenvalue weighted by molar-refractivity contribution is 5.75. The van der Waals surface area contributed by atoms with E-state index in [0.29, 0.717) is 18.5 Å². The SMILES string of the molecule is Cc1cc(C)n(C(C2CCCCC2)n2nccc2-c2ccc[n+](CC(=O)NC3CC3)c2)n1. The third kappa shape index (κ3) is 4.47. The van der Waals surface area contributed by atoms with Crippen LogP contribution in [-0.2, 0) is 11.3 Å². The zero-order valence-corrected chi connectivity index (χ0v) is 19.1. The van der Waals surface area contributed by atoms with Crippen LogP contribution in [0.15, 0.2) is 42.9 Å². The molecule has 1 amide bonds. The molecule has 168 valence electrons. The number of aromatic nitrogens is 5. The lowest BCUT2D eigenvalue weighted by atomic mass is 9.86. The first-order valence-corrected chi connectivity index (χ1v) is 11.9. The van der Waals surface area contributed by atoms with Gasteiger partial charge in [-0.15, -0.1) is 0 Å². The zero-order chi connectivity index (χ0) is 22.1. The van der Waals surface area contributed by atoms with Crippen molar-refractivity contribution in [2.45, 2.75) is 77.5 Å². The monoisotopic (exact) mass is 433 g/mol. The molecule has 3 aromatic rings. The molecule has 32 heavy (non-hydrogen) atoms. The van der Waals surface area contributed by atoms with E-state index in [2.05, 4.69) is 52.9 Å². The number of pyridine rings is 1. The molecule has 0 spiro atoms. The first-order valence-electron chi connectivity index (χ1n) is 11.9. The molecule has 0 aliphatic heterocycles. The first-order chi connectivity index (χ1) is 15.6. The minimum absolute atomic E-state index is 0.0563. The van der Waals surface area contributed by atoms with E-state index in [4.69, 9.17) is 10.2 Å². The van der Waals surface area contributed by atoms with Gasteiger partial charge in [-0.25, -0.2) is 9.36 Å². The summed E-state index contributed by atoms with van der Waals surface area (Å²) in [6.07, 6.45) is 14.4. The van der Waals surface area contributed by atoms with Gasteiger partial charge in [-0.1, -0.05) is 19.3 Å². The van der Waals surface area contributed by atoms with Crippen LogP contribution in [0.3, 0.4) is 0 Å². The van der Waals surface area contributed by atoms with Gasteiger partial charge in [0.05, 0.1) is 17.0 Å². The van der Waals surface area contributed by atoms with Crippen molar-refractivity contribution in [3.05, 3.63) is 54.2 Å². The Labute approximate surface area is 189 Å². The maximum atomic E-state index is 12.3. The van der Waals surface area contributed by atoms with Crippen LogP contribution in [0.1, 0.15) is 62.5 Å². The highest BCUT2D eigenvalue weighted by Crippen LogP contribution is 2.36. The minimum Gasteiger partial charge on any atom is -0.348 e. The molecule has 5 rings (SSSR count). The highest BCUT2D eigenvalue weighted by Gasteiger charge is 2.31. The van der Waals surface area contributed by atoms with E-state index >= 15 is 0 Å². The Morgan fingerprint density at radius 2 is 1.97 bits per heavy atom. The van der Waals surface area contributed by atoms with Gasteiger partial charge in [-0.05, 0) is 57.7 Å². The van der Waals surface area contributed by atoms with Crippen LogP contribution in [0.4, 0.5) is 0 Å². The molecule has 0 bridgehead atoms. The molecule has 0 saturated heterocycles. The van der Waals surface area contributed by atoms with Crippen LogP contribution < -0.4 is 9.88 Å². The number of nitrogens with one attached hydrogen (secondary N) is 1. The molecule has 7 nitrogen and oxygen atoms in total. The third-order valence-corrected chi connectivity index (χ3v) is 6.71. The lowest BCUT2D eigenvalue weighted by Gasteiger charge is -2.32. The summed E-state index contributed by atoms with van der Waals surface area (Å²) in [5, 5.41) is 12.7. The molecule has 2 aliphatic carbocycles. The number of carbonyl (C=O) groups excluding carboxylic acids is 1. The summed E-state index contributed by atoms with van der Waals surface area (Å²) in [4.78, 5) is 12.3. The van der Waals surface area contributed by atoms with Crippen LogP contribution in [-0.4, -0.2) is 31.5 Å². The summed E-state index contributed by atoms with van der Waals surface area (Å²) < 4.78 is 6.28. The minimum atomic E-state index is 0.0563. The summed E-state index contributed by atoms with van der Waals surface area (Å²) >= 11 is 0. The van der Waals surface area contributed by atoms with Gasteiger partial charge in [0.1, 0.15) is 6.17 Å². The number of amides is 1. The summed E-state index contributed by atoms with van der Waals surface area (Å²) in [6.45, 7) is 4.52.